The van der Waals surface area contributed by atoms with Gasteiger partial charge in [-0.15, -0.1) is 0 Å². The number of carbonyl (C=O) groups is 1. The molecule has 5 heteroatoms. The van der Waals surface area contributed by atoms with Crippen molar-refractivity contribution in [3.8, 4) is 5.75 Å². The van der Waals surface area contributed by atoms with Crippen molar-refractivity contribution in [1.82, 2.24) is 5.32 Å². The highest BCUT2D eigenvalue weighted by molar-refractivity contribution is 7.07. The van der Waals surface area contributed by atoms with E-state index in [4.69, 9.17) is 0 Å². The smallest absolute Gasteiger partial charge is 0.251 e. The lowest BCUT2D eigenvalue weighted by Gasteiger charge is -2.12. The number of phenolic OH excluding ortho intramolecular Hbond substituents is 1. The second-order valence-corrected chi connectivity index (χ2v) is 5.01. The molecule has 19 heavy (non-hydrogen) atoms. The first-order chi connectivity index (χ1) is 9.09. The maximum Gasteiger partial charge on any atom is 0.251 e. The average molecular weight is 277 g/mol. The van der Waals surface area contributed by atoms with Crippen molar-refractivity contribution in [2.24, 2.45) is 0 Å². The summed E-state index contributed by atoms with van der Waals surface area (Å²) >= 11 is 1.50. The number of thiophene rings is 1. The molecule has 3 N–H and O–H groups in total. The van der Waals surface area contributed by atoms with Gasteiger partial charge in [-0.3, -0.25) is 4.79 Å². The average Bonchev–Trinajstić information content (AvgIpc) is 2.93. The van der Waals surface area contributed by atoms with Crippen molar-refractivity contribution in [1.29, 1.82) is 0 Å². The zero-order chi connectivity index (χ0) is 13.8. The van der Waals surface area contributed by atoms with Crippen molar-refractivity contribution in [2.75, 3.05) is 6.54 Å². The quantitative estimate of drug-likeness (QED) is 0.802. The predicted octanol–water partition coefficient (Wildman–Crippen LogP) is 2.23. The largest absolute Gasteiger partial charge is 0.508 e. The molecule has 0 radical (unpaired) electrons. The Labute approximate surface area is 115 Å². The summed E-state index contributed by atoms with van der Waals surface area (Å²) in [6.45, 7) is 1.82. The standard InChI is InChI=1S/C14H15NO3S/c1-9-11(3-2-4-12(9)16)14(18)15-7-13(17)10-5-6-19-8-10/h2-6,8,13,16-17H,7H2,1H3,(H,15,18). The van der Waals surface area contributed by atoms with Crippen molar-refractivity contribution >= 4 is 17.2 Å². The molecule has 0 saturated heterocycles. The van der Waals surface area contributed by atoms with E-state index in [1.54, 1.807) is 19.1 Å². The molecule has 1 aromatic heterocycles. The van der Waals surface area contributed by atoms with E-state index in [-0.39, 0.29) is 18.2 Å². The van der Waals surface area contributed by atoms with Gasteiger partial charge in [-0.25, -0.2) is 0 Å². The van der Waals surface area contributed by atoms with Gasteiger partial charge in [0.25, 0.3) is 5.91 Å². The zero-order valence-electron chi connectivity index (χ0n) is 10.5. The molecule has 0 fully saturated rings. The molecule has 0 aliphatic rings. The number of carbonyl (C=O) groups excluding carboxylic acids is 1. The normalized spacial score (nSPS) is 12.1. The van der Waals surface area contributed by atoms with Gasteiger partial charge in [0.15, 0.2) is 0 Å². The summed E-state index contributed by atoms with van der Waals surface area (Å²) in [7, 11) is 0. The lowest BCUT2D eigenvalue weighted by molar-refractivity contribution is 0.0915. The number of benzene rings is 1. The van der Waals surface area contributed by atoms with Gasteiger partial charge in [0, 0.05) is 17.7 Å². The van der Waals surface area contributed by atoms with Gasteiger partial charge < -0.3 is 15.5 Å². The Balaban J connectivity index is 2.00. The lowest BCUT2D eigenvalue weighted by Crippen LogP contribution is -2.28. The zero-order valence-corrected chi connectivity index (χ0v) is 11.3. The number of rotatable bonds is 4. The fraction of sp³-hybridized carbons (Fsp3) is 0.214. The number of aromatic hydroxyl groups is 1. The fourth-order valence-electron chi connectivity index (χ4n) is 1.74. The Bertz CT molecular complexity index is 566. The molecule has 1 heterocycles. The molecule has 0 spiro atoms. The topological polar surface area (TPSA) is 69.6 Å². The molecule has 0 aliphatic carbocycles. The maximum atomic E-state index is 12.0. The third-order valence-corrected chi connectivity index (χ3v) is 3.64. The van der Waals surface area contributed by atoms with Crippen LogP contribution in [0.5, 0.6) is 5.75 Å². The minimum Gasteiger partial charge on any atom is -0.508 e. The Hall–Kier alpha value is -1.85. The minimum absolute atomic E-state index is 0.0889. The molecule has 1 unspecified atom stereocenters. The Morgan fingerprint density at radius 3 is 2.89 bits per heavy atom. The number of nitrogens with one attached hydrogen (secondary N) is 1. The van der Waals surface area contributed by atoms with Crippen molar-refractivity contribution in [3.05, 3.63) is 51.7 Å². The monoisotopic (exact) mass is 277 g/mol. The first kappa shape index (κ1) is 13.6. The molecule has 0 saturated carbocycles. The third kappa shape index (κ3) is 3.13. The van der Waals surface area contributed by atoms with Gasteiger partial charge in [0.1, 0.15) is 5.75 Å². The molecule has 0 bridgehead atoms. The molecule has 0 aliphatic heterocycles. The SMILES string of the molecule is Cc1c(O)cccc1C(=O)NCC(O)c1ccsc1. The lowest BCUT2D eigenvalue weighted by atomic mass is 10.1. The van der Waals surface area contributed by atoms with Crippen LogP contribution in [0.2, 0.25) is 0 Å². The molecular formula is C14H15NO3S. The first-order valence-corrected chi connectivity index (χ1v) is 6.81. The first-order valence-electron chi connectivity index (χ1n) is 5.86. The molecular weight excluding hydrogens is 262 g/mol. The van der Waals surface area contributed by atoms with Gasteiger partial charge in [-0.2, -0.15) is 11.3 Å². The van der Waals surface area contributed by atoms with E-state index in [0.717, 1.165) is 5.56 Å². The number of aliphatic hydroxyl groups excluding tert-OH is 1. The van der Waals surface area contributed by atoms with Crippen LogP contribution >= 0.6 is 11.3 Å². The van der Waals surface area contributed by atoms with Crippen LogP contribution in [0.4, 0.5) is 0 Å². The molecule has 1 aromatic carbocycles. The maximum absolute atomic E-state index is 12.0. The van der Waals surface area contributed by atoms with E-state index in [9.17, 15) is 15.0 Å². The van der Waals surface area contributed by atoms with Gasteiger partial charge in [-0.1, -0.05) is 6.07 Å². The van der Waals surface area contributed by atoms with E-state index in [0.29, 0.717) is 11.1 Å². The van der Waals surface area contributed by atoms with Crippen molar-refractivity contribution in [2.45, 2.75) is 13.0 Å². The van der Waals surface area contributed by atoms with Crippen molar-refractivity contribution in [3.63, 3.8) is 0 Å². The number of hydrogen-bond acceptors (Lipinski definition) is 4. The van der Waals surface area contributed by atoms with Gasteiger partial charge in [0.05, 0.1) is 6.10 Å². The van der Waals surface area contributed by atoms with Crippen LogP contribution in [0.15, 0.2) is 35.0 Å². The van der Waals surface area contributed by atoms with Crippen LogP contribution in [0.3, 0.4) is 0 Å². The fourth-order valence-corrected chi connectivity index (χ4v) is 2.44. The summed E-state index contributed by atoms with van der Waals surface area (Å²) in [4.78, 5) is 12.0. The summed E-state index contributed by atoms with van der Waals surface area (Å²) in [6, 6.07) is 6.61. The summed E-state index contributed by atoms with van der Waals surface area (Å²) in [6.07, 6.45) is -0.715. The minimum atomic E-state index is -0.715. The van der Waals surface area contributed by atoms with Gasteiger partial charge >= 0.3 is 0 Å². The highest BCUT2D eigenvalue weighted by Crippen LogP contribution is 2.20. The summed E-state index contributed by atoms with van der Waals surface area (Å²) in [5, 5.41) is 25.8. The van der Waals surface area contributed by atoms with Crippen LogP contribution in [0.1, 0.15) is 27.6 Å². The second-order valence-electron chi connectivity index (χ2n) is 4.23. The molecule has 1 atom stereocenters. The molecule has 1 amide bonds. The van der Waals surface area contributed by atoms with Crippen LogP contribution in [0, 0.1) is 6.92 Å². The van der Waals surface area contributed by atoms with Gasteiger partial charge in [0.2, 0.25) is 0 Å². The number of phenols is 1. The summed E-state index contributed by atoms with van der Waals surface area (Å²) in [5.74, 6) is -0.214. The van der Waals surface area contributed by atoms with Crippen LogP contribution in [-0.2, 0) is 0 Å². The second kappa shape index (κ2) is 5.86. The predicted molar refractivity (Wildman–Crippen MR) is 74.5 cm³/mol. The molecule has 100 valence electrons. The molecule has 4 nitrogen and oxygen atoms in total. The van der Waals surface area contributed by atoms with Crippen LogP contribution in [-0.4, -0.2) is 22.7 Å². The van der Waals surface area contributed by atoms with Crippen molar-refractivity contribution < 1.29 is 15.0 Å². The Morgan fingerprint density at radius 2 is 2.21 bits per heavy atom. The molecule has 2 rings (SSSR count). The number of hydrogen-bond donors (Lipinski definition) is 3. The molecule has 2 aromatic rings. The third-order valence-electron chi connectivity index (χ3n) is 2.93. The number of aliphatic hydroxyl groups is 1. The van der Waals surface area contributed by atoms with Crippen LogP contribution in [0.25, 0.3) is 0 Å². The van der Waals surface area contributed by atoms with E-state index in [1.165, 1.54) is 17.4 Å². The summed E-state index contributed by atoms with van der Waals surface area (Å²) < 4.78 is 0. The highest BCUT2D eigenvalue weighted by atomic mass is 32.1. The Morgan fingerprint density at radius 1 is 1.42 bits per heavy atom. The number of amides is 1. The summed E-state index contributed by atoms with van der Waals surface area (Å²) in [5.41, 5.74) is 1.74. The Kier molecular flexibility index (Phi) is 4.19. The van der Waals surface area contributed by atoms with E-state index in [1.807, 2.05) is 16.8 Å². The van der Waals surface area contributed by atoms with Crippen LogP contribution < -0.4 is 5.32 Å². The van der Waals surface area contributed by atoms with E-state index < -0.39 is 6.10 Å². The van der Waals surface area contributed by atoms with E-state index >= 15 is 0 Å². The highest BCUT2D eigenvalue weighted by Gasteiger charge is 2.13. The van der Waals surface area contributed by atoms with E-state index in [2.05, 4.69) is 5.32 Å². The van der Waals surface area contributed by atoms with Gasteiger partial charge in [-0.05, 0) is 41.4 Å².